The van der Waals surface area contributed by atoms with Gasteiger partial charge >= 0.3 is 5.97 Å². The predicted molar refractivity (Wildman–Crippen MR) is 152 cm³/mol. The summed E-state index contributed by atoms with van der Waals surface area (Å²) in [7, 11) is 1.41. The van der Waals surface area contributed by atoms with Gasteiger partial charge in [0.05, 0.1) is 30.2 Å². The summed E-state index contributed by atoms with van der Waals surface area (Å²) in [6.07, 6.45) is 0.965. The molecule has 0 amide bonds. The number of nitrogens with zero attached hydrogens (tertiary/aromatic N) is 2. The minimum atomic E-state index is -0.625. The first-order valence-electron chi connectivity index (χ1n) is 13.3. The average molecular weight is 513 g/mol. The van der Waals surface area contributed by atoms with Crippen molar-refractivity contribution < 1.29 is 14.6 Å². The summed E-state index contributed by atoms with van der Waals surface area (Å²) in [6.45, 7) is 14.2. The van der Waals surface area contributed by atoms with Crippen molar-refractivity contribution >= 4 is 39.2 Å². The lowest BCUT2D eigenvalue weighted by Crippen LogP contribution is -2.05. The number of aromatic amines is 2. The van der Waals surface area contributed by atoms with Crippen LogP contribution >= 0.6 is 0 Å². The van der Waals surface area contributed by atoms with Crippen molar-refractivity contribution in [3.05, 3.63) is 68.8 Å². The minimum absolute atomic E-state index is 0.198. The summed E-state index contributed by atoms with van der Waals surface area (Å²) in [6, 6.07) is 6.19. The van der Waals surface area contributed by atoms with E-state index in [0.717, 1.165) is 79.8 Å². The van der Waals surface area contributed by atoms with Gasteiger partial charge in [-0.05, 0) is 93.5 Å². The molecule has 0 radical (unpaired) electrons. The van der Waals surface area contributed by atoms with Gasteiger partial charge in [-0.25, -0.2) is 9.78 Å². The number of allylic oxidation sites excluding steroid dienone is 1. The largest absolute Gasteiger partial charge is 0.465 e. The summed E-state index contributed by atoms with van der Waals surface area (Å²) in [4.78, 5) is 30.1. The highest BCUT2D eigenvalue weighted by molar-refractivity contribution is 6.25. The van der Waals surface area contributed by atoms with E-state index in [0.29, 0.717) is 11.3 Å². The number of carbonyl (C=O) groups excluding carboxylic acids is 1. The van der Waals surface area contributed by atoms with Crippen molar-refractivity contribution in [2.24, 2.45) is 0 Å². The van der Waals surface area contributed by atoms with Gasteiger partial charge in [-0.1, -0.05) is 13.8 Å². The number of H-pyrrole nitrogens is 2. The Morgan fingerprint density at radius 1 is 1.03 bits per heavy atom. The van der Waals surface area contributed by atoms with Gasteiger partial charge < -0.3 is 19.8 Å². The van der Waals surface area contributed by atoms with Crippen LogP contribution in [0.2, 0.25) is 0 Å². The van der Waals surface area contributed by atoms with Gasteiger partial charge in [0.15, 0.2) is 0 Å². The molecule has 5 rings (SSSR count). The Morgan fingerprint density at radius 2 is 1.71 bits per heavy atom. The second-order valence-corrected chi connectivity index (χ2v) is 10.6. The zero-order chi connectivity index (χ0) is 27.5. The summed E-state index contributed by atoms with van der Waals surface area (Å²) in [5, 5.41) is 10.7. The zero-order valence-corrected chi connectivity index (χ0v) is 23.5. The molecule has 2 unspecified atom stereocenters. The van der Waals surface area contributed by atoms with Gasteiger partial charge in [0.1, 0.15) is 0 Å². The summed E-state index contributed by atoms with van der Waals surface area (Å²) < 4.78 is 5.17. The number of hydrogen-bond acceptors (Lipinski definition) is 5. The third-order valence-corrected chi connectivity index (χ3v) is 8.13. The minimum Gasteiger partial charge on any atom is -0.465 e. The summed E-state index contributed by atoms with van der Waals surface area (Å²) >= 11 is 0. The van der Waals surface area contributed by atoms with E-state index >= 15 is 0 Å². The maximum absolute atomic E-state index is 12.9. The lowest BCUT2D eigenvalue weighted by molar-refractivity contribution is -0.133. The molecular weight excluding hydrogens is 476 g/mol. The third kappa shape index (κ3) is 4.06. The molecule has 0 saturated carbocycles. The number of ether oxygens (including phenoxy) is 1. The first kappa shape index (κ1) is 25.9. The van der Waals surface area contributed by atoms with Crippen molar-refractivity contribution in [3.8, 4) is 0 Å². The van der Waals surface area contributed by atoms with Crippen LogP contribution in [-0.4, -0.2) is 38.1 Å². The van der Waals surface area contributed by atoms with Crippen LogP contribution in [0, 0.1) is 20.8 Å². The predicted octanol–water partition coefficient (Wildman–Crippen LogP) is 6.31. The van der Waals surface area contributed by atoms with Crippen molar-refractivity contribution in [1.29, 1.82) is 0 Å². The Kier molecular flexibility index (Phi) is 6.51. The van der Waals surface area contributed by atoms with E-state index in [9.17, 15) is 9.90 Å². The monoisotopic (exact) mass is 512 g/mol. The maximum Gasteiger partial charge on any atom is 0.340 e. The number of carbonyl (C=O) groups is 1. The Balaban J connectivity index is 2.00. The number of esters is 1. The first-order chi connectivity index (χ1) is 18.0. The molecule has 0 saturated heterocycles. The van der Waals surface area contributed by atoms with Crippen LogP contribution < -0.4 is 0 Å². The fourth-order valence-electron chi connectivity index (χ4n) is 5.86. The smallest absolute Gasteiger partial charge is 0.340 e. The van der Waals surface area contributed by atoms with Crippen molar-refractivity contribution in [2.45, 2.75) is 73.3 Å². The van der Waals surface area contributed by atoms with E-state index in [1.54, 1.807) is 6.92 Å². The van der Waals surface area contributed by atoms with Gasteiger partial charge in [0.2, 0.25) is 0 Å². The molecule has 8 bridgehead atoms. The van der Waals surface area contributed by atoms with Crippen molar-refractivity contribution in [2.75, 3.05) is 7.11 Å². The number of aryl methyl sites for hydroxylation is 3. The molecular formula is C31H36N4O3. The van der Waals surface area contributed by atoms with Crippen LogP contribution in [0.25, 0.3) is 33.2 Å². The van der Waals surface area contributed by atoms with Gasteiger partial charge in [0, 0.05) is 44.9 Å². The molecule has 2 aliphatic rings. The van der Waals surface area contributed by atoms with Crippen molar-refractivity contribution in [1.82, 2.24) is 19.9 Å². The van der Waals surface area contributed by atoms with Gasteiger partial charge in [-0.2, -0.15) is 0 Å². The molecule has 0 aliphatic carbocycles. The Hall–Kier alpha value is -3.71. The quantitative estimate of drug-likeness (QED) is 0.357. The zero-order valence-electron chi connectivity index (χ0n) is 23.5. The number of aliphatic hydroxyl groups excluding tert-OH is 1. The number of nitrogens with one attached hydrogen (secondary N) is 2. The first-order valence-corrected chi connectivity index (χ1v) is 13.3. The summed E-state index contributed by atoms with van der Waals surface area (Å²) in [5.74, 6) is -0.194. The number of aromatic nitrogens is 4. The fourth-order valence-corrected chi connectivity index (χ4v) is 5.86. The van der Waals surface area contributed by atoms with E-state index < -0.39 is 12.1 Å². The van der Waals surface area contributed by atoms with Gasteiger partial charge in [0.25, 0.3) is 0 Å². The number of aliphatic hydroxyl groups is 1. The average Bonchev–Trinajstić information content (AvgIpc) is 3.57. The SMILES string of the molecule is CCc1c(C)c2cc3[nH]c(cc4nc(c(C)c5nc(cc1[nH]2)C(C)=C5C(=O)OC)CC4C)c(C)c3C(C)O. The third-order valence-electron chi connectivity index (χ3n) is 8.13. The summed E-state index contributed by atoms with van der Waals surface area (Å²) in [5.41, 5.74) is 13.4. The Morgan fingerprint density at radius 3 is 2.37 bits per heavy atom. The lowest BCUT2D eigenvalue weighted by Gasteiger charge is -2.05. The highest BCUT2D eigenvalue weighted by Crippen LogP contribution is 2.36. The molecule has 3 aromatic heterocycles. The molecule has 0 aromatic carbocycles. The molecule has 198 valence electrons. The van der Waals surface area contributed by atoms with Crippen LogP contribution in [0.15, 0.2) is 18.2 Å². The van der Waals surface area contributed by atoms with Crippen LogP contribution in [0.4, 0.5) is 0 Å². The molecule has 3 aromatic rings. The van der Waals surface area contributed by atoms with Crippen LogP contribution in [-0.2, 0) is 22.4 Å². The molecule has 38 heavy (non-hydrogen) atoms. The standard InChI is InChI=1S/C31H36N4O3/c1-9-20-15(3)23-13-27-28(19(7)36)16(4)24(34-27)11-21-14(2)10-22(32-21)18(6)30-29(31(37)38-8)17(5)25(35-30)12-26(20)33-23/h11-14,19,33-34,36H,9-10H2,1-8H3. The molecule has 7 heteroatoms. The lowest BCUT2D eigenvalue weighted by atomic mass is 9.99. The molecule has 0 spiro atoms. The molecule has 2 atom stereocenters. The fraction of sp³-hybridized carbons (Fsp3) is 0.387. The number of methoxy groups -OCH3 is 1. The molecule has 2 aliphatic heterocycles. The molecule has 5 heterocycles. The number of rotatable bonds is 3. The maximum atomic E-state index is 12.9. The van der Waals surface area contributed by atoms with E-state index in [1.165, 1.54) is 12.7 Å². The normalized spacial score (nSPS) is 16.2. The topological polar surface area (TPSA) is 104 Å². The van der Waals surface area contributed by atoms with E-state index in [1.807, 2.05) is 26.8 Å². The Bertz CT molecular complexity index is 1670. The van der Waals surface area contributed by atoms with E-state index in [-0.39, 0.29) is 5.92 Å². The van der Waals surface area contributed by atoms with E-state index in [2.05, 4.69) is 42.9 Å². The number of hydrogen-bond donors (Lipinski definition) is 3. The molecule has 3 N–H and O–H groups in total. The van der Waals surface area contributed by atoms with Crippen molar-refractivity contribution in [3.63, 3.8) is 0 Å². The highest BCUT2D eigenvalue weighted by Gasteiger charge is 2.28. The van der Waals surface area contributed by atoms with E-state index in [4.69, 9.17) is 14.7 Å². The number of fused-ring (bicyclic) bond motifs is 8. The van der Waals surface area contributed by atoms with Crippen LogP contribution in [0.1, 0.15) is 90.3 Å². The van der Waals surface area contributed by atoms with Crippen LogP contribution in [0.3, 0.4) is 0 Å². The molecule has 0 fully saturated rings. The second kappa shape index (κ2) is 9.55. The highest BCUT2D eigenvalue weighted by atomic mass is 16.5. The van der Waals surface area contributed by atoms with Gasteiger partial charge in [-0.15, -0.1) is 0 Å². The molecule has 7 nitrogen and oxygen atoms in total. The second-order valence-electron chi connectivity index (χ2n) is 10.6. The van der Waals surface area contributed by atoms with Gasteiger partial charge in [-0.3, -0.25) is 4.98 Å². The Labute approximate surface area is 223 Å². The van der Waals surface area contributed by atoms with Crippen LogP contribution in [0.5, 0.6) is 0 Å².